The smallest absolute Gasteiger partial charge is 0.188 e. The van der Waals surface area contributed by atoms with Crippen molar-refractivity contribution in [1.29, 1.82) is 0 Å². The lowest BCUT2D eigenvalue weighted by atomic mass is 10.2. The molecule has 4 nitrogen and oxygen atoms in total. The van der Waals surface area contributed by atoms with Gasteiger partial charge in [0.1, 0.15) is 17.2 Å². The largest absolute Gasteiger partial charge is 0.467 e. The van der Waals surface area contributed by atoms with Crippen molar-refractivity contribution in [3.63, 3.8) is 0 Å². The molecule has 2 aromatic rings. The highest BCUT2D eigenvalue weighted by Gasteiger charge is 2.04. The molecule has 2 rings (SSSR count). The van der Waals surface area contributed by atoms with Crippen molar-refractivity contribution in [2.45, 2.75) is 6.61 Å². The molecule has 4 heteroatoms. The Morgan fingerprint density at radius 1 is 0.947 bits per heavy atom. The van der Waals surface area contributed by atoms with Gasteiger partial charge in [-0.1, -0.05) is 18.2 Å². The monoisotopic (exact) mass is 260 g/mol. The quantitative estimate of drug-likeness (QED) is 0.811. The summed E-state index contributed by atoms with van der Waals surface area (Å²) in [5, 5.41) is 9.24. The summed E-state index contributed by atoms with van der Waals surface area (Å²) in [7, 11) is 1.55. The zero-order valence-corrected chi connectivity index (χ0v) is 10.7. The first-order valence-corrected chi connectivity index (χ1v) is 5.91. The molecule has 0 aromatic heterocycles. The van der Waals surface area contributed by atoms with E-state index in [4.69, 9.17) is 14.2 Å². The van der Waals surface area contributed by atoms with E-state index in [1.54, 1.807) is 25.3 Å². The van der Waals surface area contributed by atoms with E-state index in [2.05, 4.69) is 0 Å². The molecule has 1 N–H and O–H groups in total. The molecule has 0 bridgehead atoms. The van der Waals surface area contributed by atoms with Gasteiger partial charge >= 0.3 is 0 Å². The van der Waals surface area contributed by atoms with E-state index in [0.29, 0.717) is 11.5 Å². The van der Waals surface area contributed by atoms with Gasteiger partial charge < -0.3 is 19.3 Å². The Kier molecular flexibility index (Phi) is 4.78. The van der Waals surface area contributed by atoms with E-state index >= 15 is 0 Å². The van der Waals surface area contributed by atoms with Crippen molar-refractivity contribution in [1.82, 2.24) is 0 Å². The third-order valence-corrected chi connectivity index (χ3v) is 2.44. The van der Waals surface area contributed by atoms with Gasteiger partial charge in [0, 0.05) is 13.2 Å². The maximum atomic E-state index is 9.24. The molecule has 0 fully saturated rings. The third-order valence-electron chi connectivity index (χ3n) is 2.44. The molecule has 0 amide bonds. The van der Waals surface area contributed by atoms with Crippen LogP contribution in [0, 0.1) is 0 Å². The standard InChI is InChI=1S/C15H16O4/c1-17-11-18-14-7-12(10-16)8-15(9-14)19-13-5-3-2-4-6-13/h2-9,16H,10-11H2,1H3. The molecule has 0 unspecified atom stereocenters. The van der Waals surface area contributed by atoms with E-state index in [1.807, 2.05) is 30.3 Å². The summed E-state index contributed by atoms with van der Waals surface area (Å²) < 4.78 is 15.9. The zero-order chi connectivity index (χ0) is 13.5. The van der Waals surface area contributed by atoms with E-state index < -0.39 is 0 Å². The van der Waals surface area contributed by atoms with E-state index in [-0.39, 0.29) is 13.4 Å². The average molecular weight is 260 g/mol. The molecule has 0 saturated carbocycles. The molecule has 0 heterocycles. The Morgan fingerprint density at radius 2 is 1.68 bits per heavy atom. The van der Waals surface area contributed by atoms with Crippen molar-refractivity contribution in [3.8, 4) is 17.2 Å². The number of benzene rings is 2. The number of hydrogen-bond acceptors (Lipinski definition) is 4. The van der Waals surface area contributed by atoms with Crippen LogP contribution >= 0.6 is 0 Å². The molecule has 0 radical (unpaired) electrons. The molecule has 0 aliphatic carbocycles. The summed E-state index contributed by atoms with van der Waals surface area (Å²) in [5.74, 6) is 1.94. The molecule has 19 heavy (non-hydrogen) atoms. The van der Waals surface area contributed by atoms with Gasteiger partial charge in [-0.05, 0) is 29.8 Å². The van der Waals surface area contributed by atoms with Gasteiger partial charge in [-0.15, -0.1) is 0 Å². The number of methoxy groups -OCH3 is 1. The maximum Gasteiger partial charge on any atom is 0.188 e. The van der Waals surface area contributed by atoms with Gasteiger partial charge in [-0.25, -0.2) is 0 Å². The van der Waals surface area contributed by atoms with Crippen LogP contribution in [-0.2, 0) is 11.3 Å². The number of aliphatic hydroxyl groups is 1. The second kappa shape index (κ2) is 6.78. The van der Waals surface area contributed by atoms with Crippen LogP contribution in [0.2, 0.25) is 0 Å². The highest BCUT2D eigenvalue weighted by Crippen LogP contribution is 2.27. The van der Waals surface area contributed by atoms with Crippen molar-refractivity contribution >= 4 is 0 Å². The Labute approximate surface area is 112 Å². The summed E-state index contributed by atoms with van der Waals surface area (Å²) in [6, 6.07) is 14.7. The van der Waals surface area contributed by atoms with Crippen LogP contribution in [0.15, 0.2) is 48.5 Å². The second-order valence-corrected chi connectivity index (χ2v) is 3.94. The normalized spacial score (nSPS) is 10.2. The molecule has 2 aromatic carbocycles. The molecule has 0 saturated heterocycles. The van der Waals surface area contributed by atoms with Gasteiger partial charge in [-0.2, -0.15) is 0 Å². The molecule has 100 valence electrons. The zero-order valence-electron chi connectivity index (χ0n) is 10.7. The van der Waals surface area contributed by atoms with Crippen LogP contribution in [0.5, 0.6) is 17.2 Å². The van der Waals surface area contributed by atoms with E-state index in [0.717, 1.165) is 11.3 Å². The van der Waals surface area contributed by atoms with Gasteiger partial charge in [0.15, 0.2) is 6.79 Å². The fraction of sp³-hybridized carbons (Fsp3) is 0.200. The molecule has 0 spiro atoms. The van der Waals surface area contributed by atoms with E-state index in [1.165, 1.54) is 0 Å². The van der Waals surface area contributed by atoms with Crippen molar-refractivity contribution < 1.29 is 19.3 Å². The SMILES string of the molecule is COCOc1cc(CO)cc(Oc2ccccc2)c1. The van der Waals surface area contributed by atoms with Crippen LogP contribution in [0.25, 0.3) is 0 Å². The highest BCUT2D eigenvalue weighted by atomic mass is 16.7. The minimum atomic E-state index is -0.0741. The number of para-hydroxylation sites is 1. The fourth-order valence-corrected chi connectivity index (χ4v) is 1.62. The number of hydrogen-bond donors (Lipinski definition) is 1. The predicted molar refractivity (Wildman–Crippen MR) is 71.4 cm³/mol. The van der Waals surface area contributed by atoms with Crippen molar-refractivity contribution in [2.24, 2.45) is 0 Å². The molecular formula is C15H16O4. The summed E-state index contributed by atoms with van der Waals surface area (Å²) >= 11 is 0. The lowest BCUT2D eigenvalue weighted by molar-refractivity contribution is 0.0509. The maximum absolute atomic E-state index is 9.24. The van der Waals surface area contributed by atoms with Crippen LogP contribution in [0.4, 0.5) is 0 Å². The van der Waals surface area contributed by atoms with E-state index in [9.17, 15) is 5.11 Å². The topological polar surface area (TPSA) is 47.9 Å². The molecule has 0 aliphatic rings. The van der Waals surface area contributed by atoms with Crippen LogP contribution in [0.3, 0.4) is 0 Å². The Morgan fingerprint density at radius 3 is 2.37 bits per heavy atom. The Hall–Kier alpha value is -2.04. The fourth-order valence-electron chi connectivity index (χ4n) is 1.62. The van der Waals surface area contributed by atoms with Crippen LogP contribution in [-0.4, -0.2) is 19.0 Å². The summed E-state index contributed by atoms with van der Waals surface area (Å²) in [6.45, 7) is 0.0784. The van der Waals surface area contributed by atoms with Gasteiger partial charge in [0.2, 0.25) is 0 Å². The summed E-state index contributed by atoms with van der Waals surface area (Å²) in [6.07, 6.45) is 0. The Balaban J connectivity index is 2.19. The molecule has 0 aliphatic heterocycles. The second-order valence-electron chi connectivity index (χ2n) is 3.94. The van der Waals surface area contributed by atoms with Crippen molar-refractivity contribution in [3.05, 3.63) is 54.1 Å². The van der Waals surface area contributed by atoms with Crippen LogP contribution in [0.1, 0.15) is 5.56 Å². The number of aliphatic hydroxyl groups excluding tert-OH is 1. The van der Waals surface area contributed by atoms with Crippen molar-refractivity contribution in [2.75, 3.05) is 13.9 Å². The Bertz CT molecular complexity index is 511. The first-order chi connectivity index (χ1) is 9.31. The number of ether oxygens (including phenoxy) is 3. The lowest BCUT2D eigenvalue weighted by Crippen LogP contribution is -2.00. The van der Waals surface area contributed by atoms with Gasteiger partial charge in [-0.3, -0.25) is 0 Å². The first kappa shape index (κ1) is 13.4. The van der Waals surface area contributed by atoms with Gasteiger partial charge in [0.05, 0.1) is 6.61 Å². The first-order valence-electron chi connectivity index (χ1n) is 5.91. The molecular weight excluding hydrogens is 244 g/mol. The summed E-state index contributed by atoms with van der Waals surface area (Å²) in [5.41, 5.74) is 0.722. The molecule has 0 atom stereocenters. The highest BCUT2D eigenvalue weighted by molar-refractivity contribution is 5.40. The third kappa shape index (κ3) is 3.98. The van der Waals surface area contributed by atoms with Crippen LogP contribution < -0.4 is 9.47 Å². The minimum Gasteiger partial charge on any atom is -0.467 e. The summed E-state index contributed by atoms with van der Waals surface area (Å²) in [4.78, 5) is 0. The lowest BCUT2D eigenvalue weighted by Gasteiger charge is -2.10. The van der Waals surface area contributed by atoms with Gasteiger partial charge in [0.25, 0.3) is 0 Å². The minimum absolute atomic E-state index is 0.0741. The predicted octanol–water partition coefficient (Wildman–Crippen LogP) is 2.95. The number of rotatable bonds is 6. The average Bonchev–Trinajstić information content (AvgIpc) is 2.46.